The topological polar surface area (TPSA) is 21.3 Å². The van der Waals surface area contributed by atoms with Gasteiger partial charge in [-0.2, -0.15) is 0 Å². The van der Waals surface area contributed by atoms with E-state index in [1.165, 1.54) is 5.56 Å². The fourth-order valence-corrected chi connectivity index (χ4v) is 2.66. The number of benzene rings is 1. The van der Waals surface area contributed by atoms with E-state index in [2.05, 4.69) is 58.6 Å². The molecule has 0 heterocycles. The van der Waals surface area contributed by atoms with Crippen molar-refractivity contribution in [3.63, 3.8) is 0 Å². The Morgan fingerprint density at radius 1 is 1.15 bits per heavy atom. The zero-order valence-electron chi connectivity index (χ0n) is 13.6. The summed E-state index contributed by atoms with van der Waals surface area (Å²) in [4.78, 5) is 0. The highest BCUT2D eigenvalue weighted by atomic mass is 16.5. The molecule has 0 aromatic heterocycles. The summed E-state index contributed by atoms with van der Waals surface area (Å²) < 4.78 is 5.69. The SMILES string of the molecule is C=CCOc1ccccc1CNC(C)(C)CC(C)(C)C. The second-order valence-corrected chi connectivity index (χ2v) is 7.18. The fraction of sp³-hybridized carbons (Fsp3) is 0.556. The number of para-hydroxylation sites is 1. The smallest absolute Gasteiger partial charge is 0.124 e. The van der Waals surface area contributed by atoms with Crippen LogP contribution in [0.2, 0.25) is 0 Å². The van der Waals surface area contributed by atoms with Crippen LogP contribution in [0.15, 0.2) is 36.9 Å². The molecule has 1 aromatic carbocycles. The van der Waals surface area contributed by atoms with Crippen molar-refractivity contribution in [1.82, 2.24) is 5.32 Å². The first-order chi connectivity index (χ1) is 9.23. The molecule has 0 spiro atoms. The summed E-state index contributed by atoms with van der Waals surface area (Å²) in [6.45, 7) is 16.4. The van der Waals surface area contributed by atoms with Gasteiger partial charge in [0.15, 0.2) is 0 Å². The number of hydrogen-bond acceptors (Lipinski definition) is 2. The van der Waals surface area contributed by atoms with Gasteiger partial charge in [0.25, 0.3) is 0 Å². The lowest BCUT2D eigenvalue weighted by molar-refractivity contribution is 0.239. The van der Waals surface area contributed by atoms with Gasteiger partial charge in [-0.3, -0.25) is 0 Å². The molecule has 0 unspecified atom stereocenters. The fourth-order valence-electron chi connectivity index (χ4n) is 2.66. The van der Waals surface area contributed by atoms with Gasteiger partial charge >= 0.3 is 0 Å². The van der Waals surface area contributed by atoms with Crippen molar-refractivity contribution < 1.29 is 4.74 Å². The van der Waals surface area contributed by atoms with E-state index in [9.17, 15) is 0 Å². The van der Waals surface area contributed by atoms with Crippen LogP contribution in [-0.4, -0.2) is 12.1 Å². The Bertz CT molecular complexity index is 429. The number of rotatable bonds is 7. The maximum atomic E-state index is 5.69. The largest absolute Gasteiger partial charge is 0.489 e. The van der Waals surface area contributed by atoms with Crippen molar-refractivity contribution in [2.24, 2.45) is 5.41 Å². The van der Waals surface area contributed by atoms with E-state index in [1.807, 2.05) is 12.1 Å². The first-order valence-corrected chi connectivity index (χ1v) is 7.30. The Morgan fingerprint density at radius 2 is 1.80 bits per heavy atom. The Kier molecular flexibility index (Phi) is 5.82. The van der Waals surface area contributed by atoms with Crippen LogP contribution in [0.25, 0.3) is 0 Å². The summed E-state index contributed by atoms with van der Waals surface area (Å²) in [6, 6.07) is 8.17. The predicted octanol–water partition coefficient (Wildman–Crippen LogP) is 4.56. The molecule has 1 rings (SSSR count). The molecule has 1 aromatic rings. The van der Waals surface area contributed by atoms with Gasteiger partial charge in [0, 0.05) is 17.6 Å². The van der Waals surface area contributed by atoms with Gasteiger partial charge in [-0.25, -0.2) is 0 Å². The van der Waals surface area contributed by atoms with Crippen LogP contribution in [0.3, 0.4) is 0 Å². The second-order valence-electron chi connectivity index (χ2n) is 7.18. The zero-order valence-corrected chi connectivity index (χ0v) is 13.6. The maximum Gasteiger partial charge on any atom is 0.124 e. The summed E-state index contributed by atoms with van der Waals surface area (Å²) in [7, 11) is 0. The Balaban J connectivity index is 2.67. The van der Waals surface area contributed by atoms with E-state index in [4.69, 9.17) is 4.74 Å². The van der Waals surface area contributed by atoms with Gasteiger partial charge in [-0.05, 0) is 31.7 Å². The van der Waals surface area contributed by atoms with E-state index >= 15 is 0 Å². The lowest BCUT2D eigenvalue weighted by Crippen LogP contribution is -2.41. The minimum atomic E-state index is 0.101. The molecule has 112 valence electrons. The number of ether oxygens (including phenoxy) is 1. The molecule has 0 fully saturated rings. The minimum absolute atomic E-state index is 0.101. The monoisotopic (exact) mass is 275 g/mol. The molecule has 0 saturated heterocycles. The highest BCUT2D eigenvalue weighted by Crippen LogP contribution is 2.27. The quantitative estimate of drug-likeness (QED) is 0.737. The summed E-state index contributed by atoms with van der Waals surface area (Å²) >= 11 is 0. The second kappa shape index (κ2) is 6.94. The van der Waals surface area contributed by atoms with E-state index < -0.39 is 0 Å². The van der Waals surface area contributed by atoms with E-state index in [-0.39, 0.29) is 5.54 Å². The Labute approximate surface area is 124 Å². The van der Waals surface area contributed by atoms with Crippen molar-refractivity contribution in [1.29, 1.82) is 0 Å². The van der Waals surface area contributed by atoms with Crippen LogP contribution in [0, 0.1) is 5.41 Å². The van der Waals surface area contributed by atoms with Crippen molar-refractivity contribution in [2.45, 2.75) is 53.1 Å². The van der Waals surface area contributed by atoms with Gasteiger partial charge < -0.3 is 10.1 Å². The average Bonchev–Trinajstić information content (AvgIpc) is 2.32. The molecule has 0 bridgehead atoms. The van der Waals surface area contributed by atoms with Crippen LogP contribution in [-0.2, 0) is 6.54 Å². The van der Waals surface area contributed by atoms with Crippen LogP contribution < -0.4 is 10.1 Å². The van der Waals surface area contributed by atoms with Crippen LogP contribution >= 0.6 is 0 Å². The molecule has 0 atom stereocenters. The lowest BCUT2D eigenvalue weighted by atomic mass is 9.82. The number of hydrogen-bond donors (Lipinski definition) is 1. The predicted molar refractivity (Wildman–Crippen MR) is 87.1 cm³/mol. The summed E-state index contributed by atoms with van der Waals surface area (Å²) in [6.07, 6.45) is 2.89. The summed E-state index contributed by atoms with van der Waals surface area (Å²) in [5.74, 6) is 0.937. The van der Waals surface area contributed by atoms with E-state index in [0.29, 0.717) is 12.0 Å². The molecular weight excluding hydrogens is 246 g/mol. The molecule has 2 heteroatoms. The molecule has 0 aliphatic carbocycles. The van der Waals surface area contributed by atoms with Gasteiger partial charge in [0.1, 0.15) is 12.4 Å². The third-order valence-electron chi connectivity index (χ3n) is 3.06. The summed E-state index contributed by atoms with van der Waals surface area (Å²) in [5.41, 5.74) is 1.61. The van der Waals surface area contributed by atoms with Gasteiger partial charge in [-0.1, -0.05) is 51.6 Å². The summed E-state index contributed by atoms with van der Waals surface area (Å²) in [5, 5.41) is 3.64. The highest BCUT2D eigenvalue weighted by molar-refractivity contribution is 5.33. The maximum absolute atomic E-state index is 5.69. The third kappa shape index (κ3) is 6.25. The standard InChI is InChI=1S/C18H29NO/c1-7-12-20-16-11-9-8-10-15(16)13-19-18(5,6)14-17(2,3)4/h7-11,19H,1,12-14H2,2-6H3. The molecule has 0 aliphatic rings. The lowest BCUT2D eigenvalue weighted by Gasteiger charge is -2.33. The van der Waals surface area contributed by atoms with Crippen molar-refractivity contribution in [3.8, 4) is 5.75 Å². The van der Waals surface area contributed by atoms with Gasteiger partial charge in [-0.15, -0.1) is 0 Å². The molecule has 0 saturated carbocycles. The van der Waals surface area contributed by atoms with Crippen LogP contribution in [0.5, 0.6) is 5.75 Å². The number of nitrogens with one attached hydrogen (secondary N) is 1. The molecule has 0 aliphatic heterocycles. The molecule has 0 radical (unpaired) electrons. The van der Waals surface area contributed by atoms with E-state index in [1.54, 1.807) is 6.08 Å². The first-order valence-electron chi connectivity index (χ1n) is 7.30. The van der Waals surface area contributed by atoms with Crippen molar-refractivity contribution >= 4 is 0 Å². The Morgan fingerprint density at radius 3 is 2.40 bits per heavy atom. The average molecular weight is 275 g/mol. The molecule has 20 heavy (non-hydrogen) atoms. The van der Waals surface area contributed by atoms with Crippen LogP contribution in [0.4, 0.5) is 0 Å². The Hall–Kier alpha value is -1.28. The molecule has 0 amide bonds. The van der Waals surface area contributed by atoms with Crippen LogP contribution in [0.1, 0.15) is 46.6 Å². The highest BCUT2D eigenvalue weighted by Gasteiger charge is 2.24. The zero-order chi connectivity index (χ0) is 15.2. The van der Waals surface area contributed by atoms with Crippen molar-refractivity contribution in [2.75, 3.05) is 6.61 Å². The van der Waals surface area contributed by atoms with E-state index in [0.717, 1.165) is 18.7 Å². The molecule has 1 N–H and O–H groups in total. The third-order valence-corrected chi connectivity index (χ3v) is 3.06. The molecular formula is C18H29NO. The van der Waals surface area contributed by atoms with Gasteiger partial charge in [0.2, 0.25) is 0 Å². The molecule has 2 nitrogen and oxygen atoms in total. The minimum Gasteiger partial charge on any atom is -0.489 e. The van der Waals surface area contributed by atoms with Gasteiger partial charge in [0.05, 0.1) is 0 Å². The normalized spacial score (nSPS) is 12.2. The van der Waals surface area contributed by atoms with Crippen molar-refractivity contribution in [3.05, 3.63) is 42.5 Å². The first kappa shape index (κ1) is 16.8.